The number of urea groups is 2. The van der Waals surface area contributed by atoms with E-state index in [1.807, 2.05) is 12.1 Å². The zero-order valence-corrected chi connectivity index (χ0v) is 22.0. The Morgan fingerprint density at radius 3 is 2.35 bits per heavy atom. The predicted molar refractivity (Wildman–Crippen MR) is 142 cm³/mol. The highest BCUT2D eigenvalue weighted by Crippen LogP contribution is 2.49. The van der Waals surface area contributed by atoms with Crippen LogP contribution in [0.4, 0.5) is 15.3 Å². The van der Waals surface area contributed by atoms with Crippen molar-refractivity contribution in [1.29, 1.82) is 0 Å². The molecule has 1 unspecified atom stereocenters. The summed E-state index contributed by atoms with van der Waals surface area (Å²) in [6.07, 6.45) is 2.93. The highest BCUT2D eigenvalue weighted by atomic mass is 16.2. The lowest BCUT2D eigenvalue weighted by molar-refractivity contribution is -0.159. The number of hydrogen-bond acceptors (Lipinski definition) is 7. The van der Waals surface area contributed by atoms with Gasteiger partial charge in [-0.05, 0) is 54.2 Å². The van der Waals surface area contributed by atoms with Gasteiger partial charge in [-0.3, -0.25) is 39.2 Å². The van der Waals surface area contributed by atoms with Gasteiger partial charge in [0.2, 0.25) is 11.8 Å². The minimum absolute atomic E-state index is 0.00314. The number of imide groups is 4. The minimum Gasteiger partial charge on any atom is -0.367 e. The number of nitrogens with zero attached hydrogens (tertiary/aromatic N) is 4. The average Bonchev–Trinajstić information content (AvgIpc) is 3.45. The number of benzene rings is 2. The summed E-state index contributed by atoms with van der Waals surface area (Å²) in [5, 5.41) is 2.23. The molecule has 40 heavy (non-hydrogen) atoms. The van der Waals surface area contributed by atoms with Crippen LogP contribution in [-0.2, 0) is 32.1 Å². The van der Waals surface area contributed by atoms with Crippen LogP contribution in [0.15, 0.2) is 54.1 Å². The number of hydrogen-bond donors (Lipinski definition) is 1. The zero-order valence-electron chi connectivity index (χ0n) is 22.0. The summed E-state index contributed by atoms with van der Waals surface area (Å²) in [6.45, 7) is 0.655. The normalized spacial score (nSPS) is 23.2. The standard InChI is InChI=1S/C29H27N5O6/c1-31-25(37)29(26(38)32(2)28(31)40)15-19-13-18(10-11-21(19)33-12-6-9-22(29)33)14-20-23(35)30-27(39)34(24(20)36)16-17-7-4-3-5-8-17/h3-5,7-8,10-11,13-14,22H,6,9,12,15-16H2,1-2H3,(H,30,35,39)/b20-14+. The molecule has 0 bridgehead atoms. The number of carbonyl (C=O) groups is 6. The van der Waals surface area contributed by atoms with Crippen LogP contribution in [0.1, 0.15) is 29.5 Å². The fourth-order valence-electron chi connectivity index (χ4n) is 6.40. The molecule has 1 N–H and O–H groups in total. The summed E-state index contributed by atoms with van der Waals surface area (Å²) < 4.78 is 0. The van der Waals surface area contributed by atoms with Crippen molar-refractivity contribution in [3.05, 3.63) is 70.8 Å². The summed E-state index contributed by atoms with van der Waals surface area (Å²) in [6, 6.07) is 12.5. The SMILES string of the molecule is CN1C(=O)N(C)C(=O)C2(Cc3cc(/C=C4\C(=O)NC(=O)N(Cc5ccccc5)C4=O)ccc3N3CCCC32)C1=O. The molecule has 1 atom stereocenters. The molecule has 3 fully saturated rings. The number of anilines is 1. The Hall–Kier alpha value is -4.80. The molecule has 11 nitrogen and oxygen atoms in total. The van der Waals surface area contributed by atoms with E-state index in [1.54, 1.807) is 36.4 Å². The molecule has 2 aromatic rings. The molecule has 0 saturated carbocycles. The van der Waals surface area contributed by atoms with E-state index < -0.39 is 41.1 Å². The Kier molecular flexibility index (Phi) is 5.83. The van der Waals surface area contributed by atoms with Crippen LogP contribution in [0.2, 0.25) is 0 Å². The van der Waals surface area contributed by atoms with Crippen LogP contribution >= 0.6 is 0 Å². The number of barbiturate groups is 2. The fourth-order valence-corrected chi connectivity index (χ4v) is 6.40. The van der Waals surface area contributed by atoms with Crippen LogP contribution in [0, 0.1) is 5.41 Å². The number of carbonyl (C=O) groups excluding carboxylic acids is 6. The molecule has 11 heteroatoms. The molecule has 0 aliphatic carbocycles. The molecule has 4 heterocycles. The van der Waals surface area contributed by atoms with Gasteiger partial charge in [0.25, 0.3) is 11.8 Å². The van der Waals surface area contributed by atoms with Gasteiger partial charge >= 0.3 is 12.1 Å². The molecule has 3 saturated heterocycles. The number of nitrogens with one attached hydrogen (secondary N) is 1. The first-order valence-corrected chi connectivity index (χ1v) is 13.1. The van der Waals surface area contributed by atoms with Crippen molar-refractivity contribution >= 4 is 47.5 Å². The Morgan fingerprint density at radius 2 is 1.65 bits per heavy atom. The van der Waals surface area contributed by atoms with E-state index in [1.165, 1.54) is 20.2 Å². The van der Waals surface area contributed by atoms with E-state index in [0.29, 0.717) is 24.1 Å². The van der Waals surface area contributed by atoms with E-state index in [2.05, 4.69) is 10.2 Å². The molecule has 0 aromatic heterocycles. The van der Waals surface area contributed by atoms with Crippen molar-refractivity contribution in [2.45, 2.75) is 31.8 Å². The first-order chi connectivity index (χ1) is 19.1. The Balaban J connectivity index is 1.37. The maximum Gasteiger partial charge on any atom is 0.332 e. The topological polar surface area (TPSA) is 127 Å². The number of amides is 8. The van der Waals surface area contributed by atoms with Gasteiger partial charge in [-0.2, -0.15) is 0 Å². The van der Waals surface area contributed by atoms with Gasteiger partial charge in [-0.1, -0.05) is 36.4 Å². The Bertz CT molecular complexity index is 1510. The van der Waals surface area contributed by atoms with E-state index in [0.717, 1.165) is 32.4 Å². The molecule has 4 aliphatic rings. The smallest absolute Gasteiger partial charge is 0.332 e. The summed E-state index contributed by atoms with van der Waals surface area (Å²) in [5.74, 6) is -2.56. The van der Waals surface area contributed by atoms with Crippen LogP contribution in [0.5, 0.6) is 0 Å². The van der Waals surface area contributed by atoms with Crippen LogP contribution in [0.25, 0.3) is 6.08 Å². The highest BCUT2D eigenvalue weighted by molar-refractivity contribution is 6.31. The third kappa shape index (κ3) is 3.64. The zero-order chi connectivity index (χ0) is 28.3. The molecule has 4 aliphatic heterocycles. The molecule has 6 rings (SSSR count). The van der Waals surface area contributed by atoms with Crippen molar-refractivity contribution in [2.75, 3.05) is 25.5 Å². The van der Waals surface area contributed by atoms with Gasteiger partial charge in [-0.15, -0.1) is 0 Å². The molecular formula is C29H27N5O6. The molecule has 2 aromatic carbocycles. The van der Waals surface area contributed by atoms with Gasteiger partial charge in [0.05, 0.1) is 12.6 Å². The van der Waals surface area contributed by atoms with E-state index in [9.17, 15) is 28.8 Å². The fraction of sp³-hybridized carbons (Fsp3) is 0.310. The van der Waals surface area contributed by atoms with Crippen molar-refractivity contribution in [2.24, 2.45) is 5.41 Å². The summed E-state index contributed by atoms with van der Waals surface area (Å²) in [4.78, 5) is 83.2. The molecule has 1 spiro atoms. The molecule has 204 valence electrons. The second-order valence-electron chi connectivity index (χ2n) is 10.6. The Labute approximate surface area is 230 Å². The van der Waals surface area contributed by atoms with Crippen LogP contribution in [-0.4, -0.2) is 77.1 Å². The lowest BCUT2D eigenvalue weighted by Crippen LogP contribution is -2.70. The molecule has 0 radical (unpaired) electrons. The minimum atomic E-state index is -1.45. The third-order valence-corrected chi connectivity index (χ3v) is 8.33. The predicted octanol–water partition coefficient (Wildman–Crippen LogP) is 1.91. The van der Waals surface area contributed by atoms with Crippen LogP contribution < -0.4 is 10.2 Å². The summed E-state index contributed by atoms with van der Waals surface area (Å²) in [7, 11) is 2.78. The van der Waals surface area contributed by atoms with Crippen molar-refractivity contribution < 1.29 is 28.8 Å². The second kappa shape index (κ2) is 9.15. The first kappa shape index (κ1) is 25.5. The first-order valence-electron chi connectivity index (χ1n) is 13.1. The monoisotopic (exact) mass is 541 g/mol. The molecular weight excluding hydrogens is 514 g/mol. The quantitative estimate of drug-likeness (QED) is 0.357. The van der Waals surface area contributed by atoms with E-state index in [-0.39, 0.29) is 24.6 Å². The van der Waals surface area contributed by atoms with E-state index in [4.69, 9.17) is 0 Å². The number of fused-ring (bicyclic) bond motifs is 4. The largest absolute Gasteiger partial charge is 0.367 e. The van der Waals surface area contributed by atoms with Crippen molar-refractivity contribution in [1.82, 2.24) is 20.0 Å². The van der Waals surface area contributed by atoms with Crippen LogP contribution in [0.3, 0.4) is 0 Å². The number of rotatable bonds is 3. The van der Waals surface area contributed by atoms with E-state index >= 15 is 0 Å². The lowest BCUT2D eigenvalue weighted by atomic mass is 9.68. The summed E-state index contributed by atoms with van der Waals surface area (Å²) >= 11 is 0. The second-order valence-corrected chi connectivity index (χ2v) is 10.6. The van der Waals surface area contributed by atoms with Gasteiger partial charge in [0.1, 0.15) is 5.57 Å². The van der Waals surface area contributed by atoms with Crippen molar-refractivity contribution in [3.63, 3.8) is 0 Å². The highest BCUT2D eigenvalue weighted by Gasteiger charge is 2.63. The lowest BCUT2D eigenvalue weighted by Gasteiger charge is -2.50. The molecule has 8 amide bonds. The van der Waals surface area contributed by atoms with Gasteiger partial charge in [0.15, 0.2) is 5.41 Å². The van der Waals surface area contributed by atoms with Gasteiger partial charge < -0.3 is 4.90 Å². The maximum atomic E-state index is 13.6. The average molecular weight is 542 g/mol. The maximum absolute atomic E-state index is 13.6. The summed E-state index contributed by atoms with van der Waals surface area (Å²) in [5.41, 5.74) is 1.16. The van der Waals surface area contributed by atoms with Crippen molar-refractivity contribution in [3.8, 4) is 0 Å². The van der Waals surface area contributed by atoms with Gasteiger partial charge in [-0.25, -0.2) is 9.59 Å². The third-order valence-electron chi connectivity index (χ3n) is 8.33. The van der Waals surface area contributed by atoms with Gasteiger partial charge in [0, 0.05) is 26.3 Å². The Morgan fingerprint density at radius 1 is 0.950 bits per heavy atom.